The van der Waals surface area contributed by atoms with Gasteiger partial charge in [0.2, 0.25) is 0 Å². The van der Waals surface area contributed by atoms with Gasteiger partial charge in [-0.05, 0) is 0 Å². The maximum absolute atomic E-state index is 2.00. The number of hydrogen-bond acceptors (Lipinski definition) is 1. The van der Waals surface area contributed by atoms with Crippen molar-refractivity contribution in [2.24, 2.45) is 0 Å². The molecule has 8 heavy (non-hydrogen) atoms. The Bertz CT molecular complexity index is 80.5. The van der Waals surface area contributed by atoms with Crippen LogP contribution in [0.15, 0.2) is 36.4 Å². The Morgan fingerprint density at radius 2 is 0.625 bits per heavy atom. The van der Waals surface area contributed by atoms with Crippen LogP contribution in [-0.2, 0) is 0 Å². The summed E-state index contributed by atoms with van der Waals surface area (Å²) in [5.74, 6) is 0. The molecule has 1 aromatic carbocycles. The van der Waals surface area contributed by atoms with Gasteiger partial charge in [0.25, 0.3) is 0 Å². The Hall–Kier alpha value is 0.180. The summed E-state index contributed by atoms with van der Waals surface area (Å²) >= 11 is 0. The standard InChI is InChI=1S/C6H6.H3N.Na/c1-2-4-6-5-3-1;;/h1-6H;1H3;/q;;+1. The zero-order chi connectivity index (χ0) is 4.24. The van der Waals surface area contributed by atoms with Gasteiger partial charge >= 0.3 is 29.6 Å². The molecule has 0 radical (unpaired) electrons. The Balaban J connectivity index is 0. The van der Waals surface area contributed by atoms with Crippen molar-refractivity contribution >= 4 is 0 Å². The monoisotopic (exact) mass is 118 g/mol. The fraction of sp³-hybridized carbons (Fsp3) is 0. The maximum Gasteiger partial charge on any atom is 1.00 e. The summed E-state index contributed by atoms with van der Waals surface area (Å²) in [7, 11) is 0. The van der Waals surface area contributed by atoms with Crippen molar-refractivity contribution in [2.75, 3.05) is 0 Å². The minimum atomic E-state index is 0. The van der Waals surface area contributed by atoms with Crippen LogP contribution in [0.3, 0.4) is 0 Å². The molecule has 1 aromatic rings. The predicted molar refractivity (Wildman–Crippen MR) is 31.5 cm³/mol. The Labute approximate surface area is 72.0 Å². The van der Waals surface area contributed by atoms with E-state index in [-0.39, 0.29) is 35.7 Å². The molecule has 38 valence electrons. The van der Waals surface area contributed by atoms with E-state index in [0.29, 0.717) is 0 Å². The van der Waals surface area contributed by atoms with E-state index < -0.39 is 0 Å². The molecule has 1 nitrogen and oxygen atoms in total. The van der Waals surface area contributed by atoms with Crippen LogP contribution in [0.2, 0.25) is 0 Å². The summed E-state index contributed by atoms with van der Waals surface area (Å²) in [6.07, 6.45) is 0. The molecular weight excluding hydrogens is 109 g/mol. The molecule has 1 rings (SSSR count). The molecule has 0 atom stereocenters. The third-order valence-electron chi connectivity index (χ3n) is 0.667. The molecule has 3 N–H and O–H groups in total. The minimum Gasteiger partial charge on any atom is -0.344 e. The maximum atomic E-state index is 2.00. The smallest absolute Gasteiger partial charge is 0.344 e. The van der Waals surface area contributed by atoms with E-state index in [0.717, 1.165) is 0 Å². The molecule has 0 saturated heterocycles. The molecule has 0 bridgehead atoms. The van der Waals surface area contributed by atoms with Crippen molar-refractivity contribution in [3.63, 3.8) is 0 Å². The van der Waals surface area contributed by atoms with E-state index in [1.807, 2.05) is 36.4 Å². The van der Waals surface area contributed by atoms with Crippen molar-refractivity contribution in [2.45, 2.75) is 0 Å². The molecular formula is C6H9NNa+. The van der Waals surface area contributed by atoms with Crippen LogP contribution >= 0.6 is 0 Å². The van der Waals surface area contributed by atoms with Crippen molar-refractivity contribution < 1.29 is 29.6 Å². The quantitative estimate of drug-likeness (QED) is 0.429. The molecule has 0 amide bonds. The minimum absolute atomic E-state index is 0. The first kappa shape index (κ1) is 11.0. The van der Waals surface area contributed by atoms with Gasteiger partial charge in [0.05, 0.1) is 0 Å². The van der Waals surface area contributed by atoms with Crippen LogP contribution in [0.4, 0.5) is 0 Å². The third kappa shape index (κ3) is 4.34. The fourth-order valence-corrected chi connectivity index (χ4v) is 0.385. The van der Waals surface area contributed by atoms with Gasteiger partial charge in [-0.2, -0.15) is 0 Å². The molecule has 0 aliphatic heterocycles. The number of hydrogen-bond donors (Lipinski definition) is 1. The molecule has 0 aliphatic carbocycles. The van der Waals surface area contributed by atoms with Crippen LogP contribution in [0.5, 0.6) is 0 Å². The SMILES string of the molecule is N.[Na+].c1ccccc1. The van der Waals surface area contributed by atoms with E-state index in [1.165, 1.54) is 0 Å². The summed E-state index contributed by atoms with van der Waals surface area (Å²) in [6.45, 7) is 0. The average Bonchev–Trinajstić information content (AvgIpc) is 1.72. The van der Waals surface area contributed by atoms with E-state index in [9.17, 15) is 0 Å². The Morgan fingerprint density at radius 3 is 0.750 bits per heavy atom. The van der Waals surface area contributed by atoms with Gasteiger partial charge < -0.3 is 6.15 Å². The van der Waals surface area contributed by atoms with Gasteiger partial charge in [0, 0.05) is 0 Å². The zero-order valence-electron chi connectivity index (χ0n) is 5.17. The second-order valence-electron chi connectivity index (χ2n) is 1.15. The summed E-state index contributed by atoms with van der Waals surface area (Å²) in [4.78, 5) is 0. The van der Waals surface area contributed by atoms with Gasteiger partial charge in [-0.1, -0.05) is 36.4 Å². The van der Waals surface area contributed by atoms with Crippen molar-refractivity contribution in [3.05, 3.63) is 36.4 Å². The Kier molecular flexibility index (Phi) is 9.91. The van der Waals surface area contributed by atoms with Crippen LogP contribution in [0.25, 0.3) is 0 Å². The van der Waals surface area contributed by atoms with Gasteiger partial charge in [0.15, 0.2) is 0 Å². The van der Waals surface area contributed by atoms with Crippen LogP contribution in [-0.4, -0.2) is 0 Å². The van der Waals surface area contributed by atoms with Crippen molar-refractivity contribution in [1.29, 1.82) is 0 Å². The van der Waals surface area contributed by atoms with Gasteiger partial charge in [-0.3, -0.25) is 0 Å². The molecule has 0 spiro atoms. The summed E-state index contributed by atoms with van der Waals surface area (Å²) in [6, 6.07) is 12.0. The van der Waals surface area contributed by atoms with Crippen molar-refractivity contribution in [3.8, 4) is 0 Å². The fourth-order valence-electron chi connectivity index (χ4n) is 0.385. The number of benzene rings is 1. The zero-order valence-corrected chi connectivity index (χ0v) is 7.17. The van der Waals surface area contributed by atoms with Crippen LogP contribution < -0.4 is 35.7 Å². The average molecular weight is 118 g/mol. The van der Waals surface area contributed by atoms with Gasteiger partial charge in [-0.15, -0.1) is 0 Å². The van der Waals surface area contributed by atoms with E-state index in [1.54, 1.807) is 0 Å². The third-order valence-corrected chi connectivity index (χ3v) is 0.667. The molecule has 0 saturated carbocycles. The molecule has 0 unspecified atom stereocenters. The Morgan fingerprint density at radius 1 is 0.500 bits per heavy atom. The first-order chi connectivity index (χ1) is 3.00. The second kappa shape index (κ2) is 7.18. The van der Waals surface area contributed by atoms with Crippen molar-refractivity contribution in [1.82, 2.24) is 6.15 Å². The summed E-state index contributed by atoms with van der Waals surface area (Å²) in [5.41, 5.74) is 0. The van der Waals surface area contributed by atoms with E-state index in [2.05, 4.69) is 0 Å². The predicted octanol–water partition coefficient (Wildman–Crippen LogP) is -1.15. The van der Waals surface area contributed by atoms with Gasteiger partial charge in [-0.25, -0.2) is 0 Å². The summed E-state index contributed by atoms with van der Waals surface area (Å²) < 4.78 is 0. The molecule has 0 fully saturated rings. The van der Waals surface area contributed by atoms with Gasteiger partial charge in [0.1, 0.15) is 0 Å². The number of rotatable bonds is 0. The summed E-state index contributed by atoms with van der Waals surface area (Å²) in [5, 5.41) is 0. The topological polar surface area (TPSA) is 35.0 Å². The van der Waals surface area contributed by atoms with E-state index in [4.69, 9.17) is 0 Å². The molecule has 0 heterocycles. The molecule has 0 aliphatic rings. The van der Waals surface area contributed by atoms with Crippen LogP contribution in [0.1, 0.15) is 0 Å². The van der Waals surface area contributed by atoms with E-state index >= 15 is 0 Å². The first-order valence-corrected chi connectivity index (χ1v) is 2.00. The molecule has 0 aromatic heterocycles. The largest absolute Gasteiger partial charge is 1.00 e. The van der Waals surface area contributed by atoms with Crippen LogP contribution in [0, 0.1) is 0 Å². The molecule has 2 heteroatoms. The second-order valence-corrected chi connectivity index (χ2v) is 1.15. The first-order valence-electron chi connectivity index (χ1n) is 2.00. The normalized spacial score (nSPS) is 6.00.